The number of nitrogens with two attached hydrogens (primary N) is 1. The molecule has 0 amide bonds. The highest BCUT2D eigenvalue weighted by atomic mass is 16.5. The Hall–Kier alpha value is -1.59. The molecule has 1 aromatic rings. The molecular weight excluding hydrogens is 157 g/mol. The molecule has 0 fully saturated rings. The average molecular weight is 163 g/mol. The lowest BCUT2D eigenvalue weighted by Gasteiger charge is -2.01. The van der Waals surface area contributed by atoms with Gasteiger partial charge in [0.2, 0.25) is 0 Å². The fourth-order valence-corrected chi connectivity index (χ4v) is 0.659. The van der Waals surface area contributed by atoms with Gasteiger partial charge in [-0.25, -0.2) is 9.78 Å². The molecule has 1 aromatic heterocycles. The van der Waals surface area contributed by atoms with Gasteiger partial charge >= 0.3 is 5.97 Å². The molecule has 2 radical (unpaired) electrons. The van der Waals surface area contributed by atoms with Crippen LogP contribution in [0.4, 0.5) is 5.82 Å². The van der Waals surface area contributed by atoms with Crippen LogP contribution in [0.1, 0.15) is 10.5 Å². The zero-order chi connectivity index (χ0) is 9.14. The second kappa shape index (κ2) is 3.21. The van der Waals surface area contributed by atoms with Gasteiger partial charge < -0.3 is 10.5 Å². The normalized spacial score (nSPS) is 9.42. The molecule has 1 rings (SSSR count). The predicted molar refractivity (Wildman–Crippen MR) is 43.2 cm³/mol. The van der Waals surface area contributed by atoms with Gasteiger partial charge in [0.15, 0.2) is 11.5 Å². The molecule has 0 spiro atoms. The Labute approximate surface area is 70.4 Å². The van der Waals surface area contributed by atoms with E-state index >= 15 is 0 Å². The molecule has 60 valence electrons. The molecule has 0 atom stereocenters. The van der Waals surface area contributed by atoms with E-state index in [0.717, 1.165) is 0 Å². The first kappa shape index (κ1) is 8.51. The summed E-state index contributed by atoms with van der Waals surface area (Å²) in [6.45, 7) is 0. The van der Waals surface area contributed by atoms with Gasteiger partial charge in [0.05, 0.1) is 7.11 Å². The van der Waals surface area contributed by atoms with E-state index in [1.54, 1.807) is 0 Å². The van der Waals surface area contributed by atoms with Crippen molar-refractivity contribution in [3.05, 3.63) is 11.9 Å². The number of ether oxygens (including phenoxy) is 1. The van der Waals surface area contributed by atoms with Gasteiger partial charge in [-0.15, -0.1) is 0 Å². The summed E-state index contributed by atoms with van der Waals surface area (Å²) in [5, 5.41) is 0. The largest absolute Gasteiger partial charge is 0.464 e. The summed E-state index contributed by atoms with van der Waals surface area (Å²) < 4.78 is 4.40. The number of hydrogen-bond donors (Lipinski definition) is 1. The number of carbonyl (C=O) groups excluding carboxylic acids is 1. The Morgan fingerprint density at radius 2 is 2.42 bits per heavy atom. The summed E-state index contributed by atoms with van der Waals surface area (Å²) in [6.07, 6.45) is 1.27. The number of methoxy groups -OCH3 is 1. The Balaban J connectivity index is 3.13. The van der Waals surface area contributed by atoms with Crippen LogP contribution in [0.25, 0.3) is 0 Å². The second-order valence-corrected chi connectivity index (χ2v) is 2.02. The third kappa shape index (κ3) is 1.53. The molecule has 6 heteroatoms. The molecule has 12 heavy (non-hydrogen) atoms. The van der Waals surface area contributed by atoms with Crippen LogP contribution in [0.3, 0.4) is 0 Å². The molecule has 0 aliphatic carbocycles. The topological polar surface area (TPSA) is 78.1 Å². The van der Waals surface area contributed by atoms with Crippen molar-refractivity contribution in [3.63, 3.8) is 0 Å². The van der Waals surface area contributed by atoms with Gasteiger partial charge in [0.25, 0.3) is 0 Å². The van der Waals surface area contributed by atoms with Crippen molar-refractivity contribution < 1.29 is 9.53 Å². The zero-order valence-corrected chi connectivity index (χ0v) is 6.44. The standard InChI is InChI=1S/C6H6BN3O2/c1-12-6(11)4-5(8)9-2-3(7)10-4/h2H,1H3,(H2,8,9). The smallest absolute Gasteiger partial charge is 0.360 e. The molecule has 0 aromatic carbocycles. The van der Waals surface area contributed by atoms with E-state index in [4.69, 9.17) is 13.6 Å². The minimum atomic E-state index is -0.646. The first-order chi connectivity index (χ1) is 5.65. The molecule has 0 saturated heterocycles. The van der Waals surface area contributed by atoms with E-state index in [0.29, 0.717) is 0 Å². The fourth-order valence-electron chi connectivity index (χ4n) is 0.659. The number of carbonyl (C=O) groups is 1. The first-order valence-electron chi connectivity index (χ1n) is 3.11. The van der Waals surface area contributed by atoms with E-state index in [9.17, 15) is 4.79 Å². The lowest BCUT2D eigenvalue weighted by Crippen LogP contribution is -2.18. The highest BCUT2D eigenvalue weighted by molar-refractivity contribution is 6.30. The van der Waals surface area contributed by atoms with E-state index in [-0.39, 0.29) is 17.1 Å². The molecule has 0 saturated carbocycles. The lowest BCUT2D eigenvalue weighted by atomic mass is 10.1. The minimum Gasteiger partial charge on any atom is -0.464 e. The van der Waals surface area contributed by atoms with Crippen molar-refractivity contribution in [3.8, 4) is 0 Å². The summed E-state index contributed by atoms with van der Waals surface area (Å²) in [7, 11) is 6.51. The van der Waals surface area contributed by atoms with E-state index < -0.39 is 5.97 Å². The Morgan fingerprint density at radius 1 is 1.75 bits per heavy atom. The van der Waals surface area contributed by atoms with E-state index in [1.165, 1.54) is 13.3 Å². The highest BCUT2D eigenvalue weighted by Gasteiger charge is 2.12. The van der Waals surface area contributed by atoms with Gasteiger partial charge in [0, 0.05) is 11.8 Å². The Bertz CT molecular complexity index is 316. The lowest BCUT2D eigenvalue weighted by molar-refractivity contribution is 0.0595. The monoisotopic (exact) mass is 163 g/mol. The quantitative estimate of drug-likeness (QED) is 0.408. The molecule has 0 bridgehead atoms. The van der Waals surface area contributed by atoms with Crippen molar-refractivity contribution in [1.82, 2.24) is 9.97 Å². The Kier molecular flexibility index (Phi) is 2.28. The Morgan fingerprint density at radius 3 is 3.00 bits per heavy atom. The second-order valence-electron chi connectivity index (χ2n) is 2.02. The number of rotatable bonds is 1. The van der Waals surface area contributed by atoms with Crippen LogP contribution in [0.2, 0.25) is 0 Å². The fraction of sp³-hybridized carbons (Fsp3) is 0.167. The van der Waals surface area contributed by atoms with Gasteiger partial charge in [-0.3, -0.25) is 4.98 Å². The third-order valence-corrected chi connectivity index (χ3v) is 1.20. The maximum Gasteiger partial charge on any atom is 0.360 e. The van der Waals surface area contributed by atoms with Crippen LogP contribution < -0.4 is 11.3 Å². The SMILES string of the molecule is [B]c1cnc(N)c(C(=O)OC)n1. The van der Waals surface area contributed by atoms with Crippen molar-refractivity contribution in [1.29, 1.82) is 0 Å². The molecule has 5 nitrogen and oxygen atoms in total. The highest BCUT2D eigenvalue weighted by Crippen LogP contribution is 2.02. The number of nitrogen functional groups attached to an aromatic ring is 1. The van der Waals surface area contributed by atoms with Crippen LogP contribution in [-0.2, 0) is 4.74 Å². The number of aromatic nitrogens is 2. The number of hydrogen-bond acceptors (Lipinski definition) is 5. The molecular formula is C6H6BN3O2. The van der Waals surface area contributed by atoms with Gasteiger partial charge in [-0.1, -0.05) is 0 Å². The summed E-state index contributed by atoms with van der Waals surface area (Å²) in [5.74, 6) is -0.636. The van der Waals surface area contributed by atoms with Gasteiger partial charge in [-0.2, -0.15) is 0 Å². The first-order valence-corrected chi connectivity index (χ1v) is 3.11. The number of anilines is 1. The zero-order valence-electron chi connectivity index (χ0n) is 6.44. The summed E-state index contributed by atoms with van der Waals surface area (Å²) in [5.41, 5.74) is 5.41. The summed E-state index contributed by atoms with van der Waals surface area (Å²) >= 11 is 0. The summed E-state index contributed by atoms with van der Waals surface area (Å²) in [6, 6.07) is 0. The van der Waals surface area contributed by atoms with Crippen LogP contribution in [0.15, 0.2) is 6.20 Å². The minimum absolute atomic E-state index is 0.0102. The average Bonchev–Trinajstić information content (AvgIpc) is 2.08. The van der Waals surface area contributed by atoms with E-state index in [1.807, 2.05) is 0 Å². The van der Waals surface area contributed by atoms with Crippen molar-refractivity contribution in [2.24, 2.45) is 0 Å². The van der Waals surface area contributed by atoms with Crippen LogP contribution in [-0.4, -0.2) is 30.9 Å². The van der Waals surface area contributed by atoms with Crippen molar-refractivity contribution >= 4 is 25.2 Å². The van der Waals surface area contributed by atoms with Crippen molar-refractivity contribution in [2.75, 3.05) is 12.8 Å². The molecule has 0 aliphatic rings. The summed E-state index contributed by atoms with van der Waals surface area (Å²) in [4.78, 5) is 18.2. The van der Waals surface area contributed by atoms with Gasteiger partial charge in [0.1, 0.15) is 7.85 Å². The maximum atomic E-state index is 10.9. The van der Waals surface area contributed by atoms with Crippen LogP contribution in [0, 0.1) is 0 Å². The maximum absolute atomic E-state index is 10.9. The molecule has 0 aliphatic heterocycles. The van der Waals surface area contributed by atoms with Crippen molar-refractivity contribution in [2.45, 2.75) is 0 Å². The molecule has 1 heterocycles. The van der Waals surface area contributed by atoms with Gasteiger partial charge in [-0.05, 0) is 0 Å². The third-order valence-electron chi connectivity index (χ3n) is 1.20. The molecule has 2 N–H and O–H groups in total. The van der Waals surface area contributed by atoms with Crippen LogP contribution >= 0.6 is 0 Å². The van der Waals surface area contributed by atoms with E-state index in [2.05, 4.69) is 14.7 Å². The predicted octanol–water partition coefficient (Wildman–Crippen LogP) is -1.36. The molecule has 0 unspecified atom stereocenters. The van der Waals surface area contributed by atoms with Crippen LogP contribution in [0.5, 0.6) is 0 Å². The number of nitrogens with zero attached hydrogens (tertiary/aromatic N) is 2. The number of esters is 1.